The number of hydrogen-bond acceptors (Lipinski definition) is 4. The number of thioether (sulfide) groups is 1. The summed E-state index contributed by atoms with van der Waals surface area (Å²) in [6.45, 7) is 0.386. The monoisotopic (exact) mass is 456 g/mol. The maximum Gasteiger partial charge on any atom is 0.252 e. The van der Waals surface area contributed by atoms with Crippen molar-refractivity contribution in [3.8, 4) is 0 Å². The Hall–Kier alpha value is -3.58. The van der Waals surface area contributed by atoms with Crippen molar-refractivity contribution in [3.05, 3.63) is 95.9 Å². The first-order valence-electron chi connectivity index (χ1n) is 11.0. The van der Waals surface area contributed by atoms with Gasteiger partial charge in [0.1, 0.15) is 5.65 Å². The van der Waals surface area contributed by atoms with Crippen LogP contribution in [-0.2, 0) is 17.1 Å². The van der Waals surface area contributed by atoms with Crippen molar-refractivity contribution < 1.29 is 9.59 Å². The zero-order valence-corrected chi connectivity index (χ0v) is 18.8. The summed E-state index contributed by atoms with van der Waals surface area (Å²) < 4.78 is 2.00. The quantitative estimate of drug-likeness (QED) is 0.370. The Morgan fingerprint density at radius 2 is 1.88 bits per heavy atom. The van der Waals surface area contributed by atoms with Gasteiger partial charge in [0.25, 0.3) is 5.91 Å². The number of rotatable bonds is 8. The molecule has 5 rings (SSSR count). The summed E-state index contributed by atoms with van der Waals surface area (Å²) in [5, 5.41) is 5.96. The Labute approximate surface area is 196 Å². The molecule has 166 valence electrons. The van der Waals surface area contributed by atoms with Crippen LogP contribution in [0.25, 0.3) is 5.65 Å². The van der Waals surface area contributed by atoms with Crippen molar-refractivity contribution in [2.45, 2.75) is 30.0 Å². The first-order valence-corrected chi connectivity index (χ1v) is 12.0. The molecular weight excluding hydrogens is 432 g/mol. The van der Waals surface area contributed by atoms with Gasteiger partial charge in [-0.3, -0.25) is 9.59 Å². The predicted molar refractivity (Wildman–Crippen MR) is 130 cm³/mol. The molecule has 0 aliphatic heterocycles. The van der Waals surface area contributed by atoms with Crippen LogP contribution in [0.2, 0.25) is 0 Å². The molecule has 2 heterocycles. The normalized spacial score (nSPS) is 13.1. The Kier molecular flexibility index (Phi) is 6.13. The van der Waals surface area contributed by atoms with Crippen molar-refractivity contribution in [1.29, 1.82) is 0 Å². The van der Waals surface area contributed by atoms with Crippen LogP contribution in [0.3, 0.4) is 0 Å². The lowest BCUT2D eigenvalue weighted by atomic mass is 10.1. The maximum atomic E-state index is 12.9. The van der Waals surface area contributed by atoms with Gasteiger partial charge >= 0.3 is 0 Å². The van der Waals surface area contributed by atoms with Crippen molar-refractivity contribution in [1.82, 2.24) is 14.7 Å². The van der Waals surface area contributed by atoms with Gasteiger partial charge in [-0.1, -0.05) is 30.3 Å². The third kappa shape index (κ3) is 5.26. The zero-order chi connectivity index (χ0) is 22.6. The van der Waals surface area contributed by atoms with E-state index in [1.54, 1.807) is 11.8 Å². The number of hydrogen-bond donors (Lipinski definition) is 2. The third-order valence-electron chi connectivity index (χ3n) is 5.52. The number of amides is 2. The summed E-state index contributed by atoms with van der Waals surface area (Å²) in [6.07, 6.45) is 5.93. The van der Waals surface area contributed by atoms with Gasteiger partial charge in [-0.15, -0.1) is 11.8 Å². The fourth-order valence-corrected chi connectivity index (χ4v) is 4.55. The molecule has 7 heteroatoms. The second-order valence-corrected chi connectivity index (χ2v) is 9.15. The van der Waals surface area contributed by atoms with Crippen molar-refractivity contribution in [3.63, 3.8) is 0 Å². The average Bonchev–Trinajstić information content (AvgIpc) is 3.61. The third-order valence-corrected chi connectivity index (χ3v) is 6.62. The number of carbonyl (C=O) groups is 2. The van der Waals surface area contributed by atoms with Crippen LogP contribution in [0.4, 0.5) is 5.69 Å². The summed E-state index contributed by atoms with van der Waals surface area (Å²) >= 11 is 1.60. The van der Waals surface area contributed by atoms with Gasteiger partial charge in [-0.25, -0.2) is 4.98 Å². The molecule has 2 aromatic heterocycles. The summed E-state index contributed by atoms with van der Waals surface area (Å²) in [6, 6.07) is 21.1. The summed E-state index contributed by atoms with van der Waals surface area (Å²) in [4.78, 5) is 30.5. The zero-order valence-electron chi connectivity index (χ0n) is 18.0. The molecule has 0 saturated heterocycles. The largest absolute Gasteiger partial charge is 0.348 e. The molecule has 0 radical (unpaired) electrons. The standard InChI is InChI=1S/C26H24N4O2S/c31-25(19-11-12-19)29-20-7-5-6-18(14-20)15-27-26(32)22-8-1-2-9-23(22)33-17-21-16-30-13-4-3-10-24(30)28-21/h1-10,13-14,16,19H,11-12,15,17H2,(H,27,32)(H,29,31). The summed E-state index contributed by atoms with van der Waals surface area (Å²) in [5.74, 6) is 0.783. The van der Waals surface area contributed by atoms with Gasteiger partial charge in [0, 0.05) is 41.2 Å². The van der Waals surface area contributed by atoms with Gasteiger partial charge in [0.05, 0.1) is 11.3 Å². The van der Waals surface area contributed by atoms with E-state index in [1.165, 1.54) is 0 Å². The molecular formula is C26H24N4O2S. The fraction of sp³-hybridized carbons (Fsp3) is 0.192. The SMILES string of the molecule is O=C(NCc1cccc(NC(=O)C2CC2)c1)c1ccccc1SCc1cn2ccccc2n1. The van der Waals surface area contributed by atoms with E-state index < -0.39 is 0 Å². The van der Waals surface area contributed by atoms with Crippen molar-refractivity contribution in [2.75, 3.05) is 5.32 Å². The molecule has 1 fully saturated rings. The minimum Gasteiger partial charge on any atom is -0.348 e. The molecule has 0 atom stereocenters. The van der Waals surface area contributed by atoms with Gasteiger partial charge in [-0.05, 0) is 54.8 Å². The summed E-state index contributed by atoms with van der Waals surface area (Å²) in [5.41, 5.74) is 4.22. The van der Waals surface area contributed by atoms with Crippen molar-refractivity contribution in [2.24, 2.45) is 5.92 Å². The molecule has 6 nitrogen and oxygen atoms in total. The lowest BCUT2D eigenvalue weighted by molar-refractivity contribution is -0.117. The van der Waals surface area contributed by atoms with Gasteiger partial charge < -0.3 is 15.0 Å². The van der Waals surface area contributed by atoms with Gasteiger partial charge in [0.2, 0.25) is 5.91 Å². The molecule has 1 aliphatic carbocycles. The number of benzene rings is 2. The van der Waals surface area contributed by atoms with E-state index in [0.717, 1.165) is 40.3 Å². The van der Waals surface area contributed by atoms with Crippen LogP contribution in [0, 0.1) is 5.92 Å². The highest BCUT2D eigenvalue weighted by Gasteiger charge is 2.29. The number of nitrogens with one attached hydrogen (secondary N) is 2. The first kappa shape index (κ1) is 21.3. The number of aromatic nitrogens is 2. The van der Waals surface area contributed by atoms with E-state index in [-0.39, 0.29) is 17.7 Å². The number of fused-ring (bicyclic) bond motifs is 1. The van der Waals surface area contributed by atoms with Crippen LogP contribution < -0.4 is 10.6 Å². The van der Waals surface area contributed by atoms with Crippen LogP contribution in [-0.4, -0.2) is 21.2 Å². The van der Waals surface area contributed by atoms with Crippen molar-refractivity contribution >= 4 is 34.9 Å². The number of anilines is 1. The van der Waals surface area contributed by atoms with E-state index in [1.807, 2.05) is 83.5 Å². The second-order valence-electron chi connectivity index (χ2n) is 8.13. The van der Waals surface area contributed by atoms with Crippen LogP contribution in [0.5, 0.6) is 0 Å². The molecule has 1 aliphatic rings. The Morgan fingerprint density at radius 1 is 1.03 bits per heavy atom. The van der Waals surface area contributed by atoms with Gasteiger partial charge in [-0.2, -0.15) is 0 Å². The first-order chi connectivity index (χ1) is 16.2. The Bertz CT molecular complexity index is 1280. The van der Waals surface area contributed by atoms with E-state index in [4.69, 9.17) is 0 Å². The smallest absolute Gasteiger partial charge is 0.252 e. The lowest BCUT2D eigenvalue weighted by Crippen LogP contribution is -2.23. The highest BCUT2D eigenvalue weighted by Crippen LogP contribution is 2.30. The van der Waals surface area contributed by atoms with Crippen LogP contribution in [0.15, 0.2) is 84.0 Å². The minimum atomic E-state index is -0.125. The molecule has 2 aromatic carbocycles. The fourth-order valence-electron chi connectivity index (χ4n) is 3.61. The Morgan fingerprint density at radius 3 is 2.73 bits per heavy atom. The highest BCUT2D eigenvalue weighted by atomic mass is 32.2. The minimum absolute atomic E-state index is 0.0766. The highest BCUT2D eigenvalue weighted by molar-refractivity contribution is 7.98. The number of carbonyl (C=O) groups excluding carboxylic acids is 2. The summed E-state index contributed by atoms with van der Waals surface area (Å²) in [7, 11) is 0. The second kappa shape index (κ2) is 9.50. The molecule has 4 aromatic rings. The van der Waals surface area contributed by atoms with E-state index >= 15 is 0 Å². The predicted octanol–water partition coefficient (Wildman–Crippen LogP) is 4.91. The van der Waals surface area contributed by atoms with E-state index in [9.17, 15) is 9.59 Å². The molecule has 0 bridgehead atoms. The molecule has 2 amide bonds. The maximum absolute atomic E-state index is 12.9. The average molecular weight is 457 g/mol. The number of imidazole rings is 1. The van der Waals surface area contributed by atoms with E-state index in [2.05, 4.69) is 15.6 Å². The Balaban J connectivity index is 1.21. The molecule has 0 unspecified atom stereocenters. The number of nitrogens with zero attached hydrogens (tertiary/aromatic N) is 2. The van der Waals surface area contributed by atoms with Crippen LogP contribution in [0.1, 0.15) is 34.5 Å². The van der Waals surface area contributed by atoms with Gasteiger partial charge in [0.15, 0.2) is 0 Å². The molecule has 1 saturated carbocycles. The van der Waals surface area contributed by atoms with E-state index in [0.29, 0.717) is 17.9 Å². The lowest BCUT2D eigenvalue weighted by Gasteiger charge is -2.11. The van der Waals surface area contributed by atoms with Crippen LogP contribution >= 0.6 is 11.8 Å². The molecule has 2 N–H and O–H groups in total. The number of pyridine rings is 1. The molecule has 0 spiro atoms. The topological polar surface area (TPSA) is 75.5 Å². The molecule has 33 heavy (non-hydrogen) atoms.